The number of tetrazole rings is 2. The molecular weight excluding hydrogens is 379 g/mol. The third kappa shape index (κ3) is 5.92. The van der Waals surface area contributed by atoms with Crippen LogP contribution in [0, 0.1) is 0 Å². The Labute approximate surface area is 166 Å². The summed E-state index contributed by atoms with van der Waals surface area (Å²) < 4.78 is 15.5. The Balaban J connectivity index is 0.000000190. The van der Waals surface area contributed by atoms with Crippen molar-refractivity contribution in [1.82, 2.24) is 40.8 Å². The van der Waals surface area contributed by atoms with Crippen LogP contribution in [-0.2, 0) is 7.05 Å². The van der Waals surface area contributed by atoms with Gasteiger partial charge in [-0.1, -0.05) is 48.5 Å². The van der Waals surface area contributed by atoms with Gasteiger partial charge in [-0.15, -0.1) is 20.4 Å². The van der Waals surface area contributed by atoms with Crippen molar-refractivity contribution in [1.29, 1.82) is 0 Å². The molecule has 0 saturated carbocycles. The van der Waals surface area contributed by atoms with Gasteiger partial charge >= 0.3 is 0 Å². The zero-order valence-corrected chi connectivity index (χ0v) is 15.3. The minimum atomic E-state index is -1.00. The lowest BCUT2D eigenvalue weighted by Gasteiger charge is -1.93. The van der Waals surface area contributed by atoms with Crippen LogP contribution in [0.15, 0.2) is 48.5 Å². The predicted molar refractivity (Wildman–Crippen MR) is 102 cm³/mol. The molecule has 0 unspecified atom stereocenters. The summed E-state index contributed by atoms with van der Waals surface area (Å²) in [6.07, 6.45) is 1.59. The van der Waals surface area contributed by atoms with Crippen LogP contribution in [0.2, 0.25) is 0 Å². The lowest BCUT2D eigenvalue weighted by atomic mass is 10.1. The van der Waals surface area contributed by atoms with E-state index in [0.717, 1.165) is 23.7 Å². The Morgan fingerprint density at radius 1 is 0.931 bits per heavy atom. The lowest BCUT2D eigenvalue weighted by Crippen LogP contribution is -1.91. The number of aryl methyl sites for hydroxylation is 1. The molecule has 4 aromatic rings. The number of benzene rings is 2. The largest absolute Gasteiger partial charge is 0.298 e. The van der Waals surface area contributed by atoms with E-state index < -0.39 is 7.15 Å². The lowest BCUT2D eigenvalue weighted by molar-refractivity contribution is 0.111. The summed E-state index contributed by atoms with van der Waals surface area (Å²) in [4.78, 5) is 22.2. The Morgan fingerprint density at radius 3 is 1.83 bits per heavy atom. The van der Waals surface area contributed by atoms with Gasteiger partial charge in [0.15, 0.2) is 0 Å². The molecule has 29 heavy (non-hydrogen) atoms. The number of carbonyl (C=O) groups excluding carboxylic acids is 2. The molecule has 11 heteroatoms. The van der Waals surface area contributed by atoms with Crippen LogP contribution >= 0.6 is 0 Å². The molecule has 0 radical (unpaired) electrons. The van der Waals surface area contributed by atoms with Gasteiger partial charge in [-0.2, -0.15) is 10.0 Å². The van der Waals surface area contributed by atoms with Crippen LogP contribution in [0.1, 0.15) is 22.1 Å². The smallest absolute Gasteiger partial charge is 0.204 e. The molecular formula is C18H17FN8O2. The van der Waals surface area contributed by atoms with E-state index in [1.54, 1.807) is 55.6 Å². The molecule has 0 aliphatic heterocycles. The topological polar surface area (TPSA) is 132 Å². The summed E-state index contributed by atoms with van der Waals surface area (Å²) in [6.45, 7) is 0. The molecule has 1 N–H and O–H groups in total. The second-order valence-electron chi connectivity index (χ2n) is 5.32. The van der Waals surface area contributed by atoms with Crippen molar-refractivity contribution in [2.24, 2.45) is 7.05 Å². The molecule has 2 heterocycles. The zero-order chi connectivity index (χ0) is 21.8. The van der Waals surface area contributed by atoms with Crippen molar-refractivity contribution >= 4 is 12.6 Å². The molecule has 2 aromatic heterocycles. The number of aromatic nitrogens is 8. The first kappa shape index (κ1) is 19.6. The van der Waals surface area contributed by atoms with Crippen molar-refractivity contribution in [2.75, 3.05) is 7.15 Å². The molecule has 0 amide bonds. The van der Waals surface area contributed by atoms with Crippen LogP contribution in [-0.4, -0.2) is 60.6 Å². The summed E-state index contributed by atoms with van der Waals surface area (Å²) in [5.41, 5.74) is 2.95. The van der Waals surface area contributed by atoms with E-state index in [0.29, 0.717) is 22.8 Å². The molecule has 10 nitrogen and oxygen atoms in total. The number of aromatic amines is 1. The summed E-state index contributed by atoms with van der Waals surface area (Å²) in [5, 5.41) is 25.0. The number of H-pyrrole nitrogens is 1. The maximum atomic E-state index is 10.4. The van der Waals surface area contributed by atoms with Gasteiger partial charge in [-0.3, -0.25) is 14.0 Å². The SMILES string of the molecule is Cn1nnc(-c2ccc(C=O)cc2)n1.O=Cc1ccc(-c2nn[nH]n2)cc1.[2H]CF. The molecule has 4 rings (SSSR count). The standard InChI is InChI=1S/C9H8N4O.C8H6N4O.CH3F/c1-13-11-9(10-12-13)8-4-2-7(6-14)3-5-8;13-5-6-1-3-7(4-2-6)8-9-11-12-10-8;1-2/h2-6H,1H3;1-5H,(H,9,10,11,12);1H3/i;;1D. The average Bonchev–Trinajstić information content (AvgIpc) is 3.47. The second-order valence-corrected chi connectivity index (χ2v) is 5.32. The van der Waals surface area contributed by atoms with Gasteiger partial charge in [0.2, 0.25) is 11.6 Å². The molecule has 0 atom stereocenters. The van der Waals surface area contributed by atoms with Gasteiger partial charge in [0.1, 0.15) is 12.6 Å². The van der Waals surface area contributed by atoms with Crippen LogP contribution in [0.4, 0.5) is 4.39 Å². The molecule has 0 aliphatic carbocycles. The quantitative estimate of drug-likeness (QED) is 0.517. The number of nitrogens with one attached hydrogen (secondary N) is 1. The number of nitrogens with zero attached hydrogens (tertiary/aromatic N) is 7. The fourth-order valence-corrected chi connectivity index (χ4v) is 2.11. The fraction of sp³-hybridized carbons (Fsp3) is 0.111. The zero-order valence-electron chi connectivity index (χ0n) is 16.3. The van der Waals surface area contributed by atoms with E-state index in [-0.39, 0.29) is 0 Å². The molecule has 0 spiro atoms. The first-order valence-corrected chi connectivity index (χ1v) is 8.05. The van der Waals surface area contributed by atoms with E-state index in [1.807, 2.05) is 0 Å². The number of carbonyl (C=O) groups is 2. The van der Waals surface area contributed by atoms with Gasteiger partial charge in [0.05, 0.1) is 15.6 Å². The van der Waals surface area contributed by atoms with E-state index in [2.05, 4.69) is 36.0 Å². The fourth-order valence-electron chi connectivity index (χ4n) is 2.11. The number of hydrogen-bond donors (Lipinski definition) is 1. The third-order valence-electron chi connectivity index (χ3n) is 3.46. The molecule has 0 bridgehead atoms. The first-order valence-electron chi connectivity index (χ1n) is 8.75. The van der Waals surface area contributed by atoms with Crippen molar-refractivity contribution in [3.05, 3.63) is 59.7 Å². The van der Waals surface area contributed by atoms with Crippen LogP contribution in [0.5, 0.6) is 0 Å². The Bertz CT molecular complexity index is 1040. The van der Waals surface area contributed by atoms with Crippen molar-refractivity contribution in [2.45, 2.75) is 0 Å². The molecule has 2 aromatic carbocycles. The van der Waals surface area contributed by atoms with Gasteiger partial charge in [0, 0.05) is 22.3 Å². The number of halogens is 1. The highest BCUT2D eigenvalue weighted by Gasteiger charge is 2.03. The maximum absolute atomic E-state index is 10.4. The van der Waals surface area contributed by atoms with Crippen LogP contribution in [0.25, 0.3) is 22.8 Å². The third-order valence-corrected chi connectivity index (χ3v) is 3.46. The monoisotopic (exact) mass is 397 g/mol. The molecule has 148 valence electrons. The maximum Gasteiger partial charge on any atom is 0.204 e. The van der Waals surface area contributed by atoms with Crippen LogP contribution < -0.4 is 0 Å². The average molecular weight is 397 g/mol. The van der Waals surface area contributed by atoms with Crippen LogP contribution in [0.3, 0.4) is 0 Å². The van der Waals surface area contributed by atoms with Crippen molar-refractivity contribution in [3.8, 4) is 22.8 Å². The highest BCUT2D eigenvalue weighted by Crippen LogP contribution is 2.13. The normalized spacial score (nSPS) is 9.93. The Morgan fingerprint density at radius 2 is 1.45 bits per heavy atom. The minimum absolute atomic E-state index is 0.525. The number of hydrogen-bond acceptors (Lipinski definition) is 8. The molecule has 0 fully saturated rings. The van der Waals surface area contributed by atoms with E-state index in [1.165, 1.54) is 4.80 Å². The summed E-state index contributed by atoms with van der Waals surface area (Å²) >= 11 is 0. The molecule has 0 saturated heterocycles. The van der Waals surface area contributed by atoms with Gasteiger partial charge in [0.25, 0.3) is 0 Å². The highest BCUT2D eigenvalue weighted by atomic mass is 19.1. The second kappa shape index (κ2) is 10.9. The van der Waals surface area contributed by atoms with Crippen molar-refractivity contribution in [3.63, 3.8) is 0 Å². The van der Waals surface area contributed by atoms with E-state index in [9.17, 15) is 14.0 Å². The number of alkyl halides is 1. The van der Waals surface area contributed by atoms with Gasteiger partial charge in [-0.05, 0) is 10.4 Å². The first-order chi connectivity index (χ1) is 14.6. The Hall–Kier alpha value is -4.15. The van der Waals surface area contributed by atoms with Gasteiger partial charge < -0.3 is 0 Å². The Kier molecular flexibility index (Phi) is 7.35. The highest BCUT2D eigenvalue weighted by molar-refractivity contribution is 5.76. The number of rotatable bonds is 4. The van der Waals surface area contributed by atoms with Gasteiger partial charge in [-0.25, -0.2) is 0 Å². The minimum Gasteiger partial charge on any atom is -0.298 e. The summed E-state index contributed by atoms with van der Waals surface area (Å²) in [6, 6.07) is 14.0. The molecule has 0 aliphatic rings. The summed E-state index contributed by atoms with van der Waals surface area (Å²) in [7, 11) is 0.705. The number of aldehydes is 2. The summed E-state index contributed by atoms with van der Waals surface area (Å²) in [5.74, 6) is 1.09. The van der Waals surface area contributed by atoms with E-state index in [4.69, 9.17) is 1.37 Å². The predicted octanol–water partition coefficient (Wildman–Crippen LogP) is 1.95. The van der Waals surface area contributed by atoms with Crippen molar-refractivity contribution < 1.29 is 15.4 Å². The van der Waals surface area contributed by atoms with E-state index >= 15 is 0 Å².